The molecule has 1 heterocycles. The minimum absolute atomic E-state index is 0.196. The quantitative estimate of drug-likeness (QED) is 0.494. The van der Waals surface area contributed by atoms with Crippen LogP contribution in [0.4, 0.5) is 5.69 Å². The Morgan fingerprint density at radius 1 is 1.19 bits per heavy atom. The number of para-hydroxylation sites is 1. The van der Waals surface area contributed by atoms with E-state index in [1.165, 1.54) is 23.9 Å². The van der Waals surface area contributed by atoms with Gasteiger partial charge in [0.25, 0.3) is 5.69 Å². The third kappa shape index (κ3) is 3.56. The van der Waals surface area contributed by atoms with E-state index in [1.54, 1.807) is 12.1 Å². The van der Waals surface area contributed by atoms with Crippen molar-refractivity contribution in [3.63, 3.8) is 0 Å². The summed E-state index contributed by atoms with van der Waals surface area (Å²) in [5, 5.41) is 23.1. The van der Waals surface area contributed by atoms with Crippen LogP contribution in [0.5, 0.6) is 0 Å². The first kappa shape index (κ1) is 18.0. The van der Waals surface area contributed by atoms with Gasteiger partial charge in [0, 0.05) is 6.07 Å². The van der Waals surface area contributed by atoms with E-state index in [2.05, 4.69) is 20.2 Å². The van der Waals surface area contributed by atoms with Gasteiger partial charge >= 0.3 is 0 Å². The summed E-state index contributed by atoms with van der Waals surface area (Å²) in [6.45, 7) is 0. The number of nitrogens with one attached hydrogen (secondary N) is 1. The van der Waals surface area contributed by atoms with Gasteiger partial charge in [-0.25, -0.2) is 13.1 Å². The Kier molecular flexibility index (Phi) is 4.97. The molecule has 0 saturated carbocycles. The Labute approximate surface area is 152 Å². The average molecular weight is 392 g/mol. The third-order valence-electron chi connectivity index (χ3n) is 3.35. The molecule has 0 fully saturated rings. The van der Waals surface area contributed by atoms with Gasteiger partial charge in [0.05, 0.1) is 20.4 Å². The monoisotopic (exact) mass is 392 g/mol. The molecule has 0 radical (unpaired) electrons. The molecule has 10 nitrogen and oxygen atoms in total. The first-order chi connectivity index (χ1) is 12.4. The van der Waals surface area contributed by atoms with Crippen LogP contribution >= 0.6 is 11.8 Å². The summed E-state index contributed by atoms with van der Waals surface area (Å²) in [6, 6.07) is 12.7. The van der Waals surface area contributed by atoms with Crippen LogP contribution in [0.1, 0.15) is 0 Å². The second-order valence-corrected chi connectivity index (χ2v) is 7.80. The van der Waals surface area contributed by atoms with Crippen molar-refractivity contribution in [3.05, 3.63) is 58.6 Å². The molecule has 26 heavy (non-hydrogen) atoms. The van der Waals surface area contributed by atoms with E-state index in [1.807, 2.05) is 18.2 Å². The smallest absolute Gasteiger partial charge is 0.258 e. The Hall–Kier alpha value is -2.83. The van der Waals surface area contributed by atoms with Crippen molar-refractivity contribution >= 4 is 27.5 Å². The highest BCUT2D eigenvalue weighted by Crippen LogP contribution is 2.35. The number of nitro groups is 1. The van der Waals surface area contributed by atoms with Crippen molar-refractivity contribution in [2.75, 3.05) is 7.05 Å². The molecular formula is C14H12N6O4S2. The normalized spacial score (nSPS) is 11.4. The fourth-order valence-electron chi connectivity index (χ4n) is 2.08. The van der Waals surface area contributed by atoms with Crippen molar-refractivity contribution < 1.29 is 13.3 Å². The molecular weight excluding hydrogens is 380 g/mol. The second kappa shape index (κ2) is 7.19. The molecule has 0 amide bonds. The maximum atomic E-state index is 11.9. The minimum atomic E-state index is -3.79. The highest BCUT2D eigenvalue weighted by atomic mass is 32.2. The summed E-state index contributed by atoms with van der Waals surface area (Å²) < 4.78 is 27.3. The van der Waals surface area contributed by atoms with Crippen molar-refractivity contribution in [2.24, 2.45) is 0 Å². The molecule has 134 valence electrons. The molecule has 0 aliphatic carbocycles. The Balaban J connectivity index is 2.02. The maximum Gasteiger partial charge on any atom is 0.284 e. The molecule has 12 heteroatoms. The zero-order valence-electron chi connectivity index (χ0n) is 13.3. The number of rotatable bonds is 6. The van der Waals surface area contributed by atoms with Crippen molar-refractivity contribution in [1.82, 2.24) is 24.9 Å². The summed E-state index contributed by atoms with van der Waals surface area (Å²) in [4.78, 5) is 10.8. The van der Waals surface area contributed by atoms with Crippen LogP contribution in [-0.4, -0.2) is 40.6 Å². The van der Waals surface area contributed by atoms with Crippen LogP contribution in [0.3, 0.4) is 0 Å². The largest absolute Gasteiger partial charge is 0.284 e. The van der Waals surface area contributed by atoms with Gasteiger partial charge < -0.3 is 0 Å². The predicted molar refractivity (Wildman–Crippen MR) is 92.6 cm³/mol. The molecule has 0 atom stereocenters. The number of tetrazole rings is 1. The number of nitrogens with zero attached hydrogens (tertiary/aromatic N) is 5. The molecule has 2 aromatic carbocycles. The molecule has 0 unspecified atom stereocenters. The van der Waals surface area contributed by atoms with Gasteiger partial charge in [-0.3, -0.25) is 10.1 Å². The number of nitro benzene ring substituents is 1. The van der Waals surface area contributed by atoms with Gasteiger partial charge in [-0.2, -0.15) is 4.68 Å². The molecule has 3 rings (SSSR count). The molecule has 1 N–H and O–H groups in total. The lowest BCUT2D eigenvalue weighted by atomic mass is 10.3. The van der Waals surface area contributed by atoms with Gasteiger partial charge in [0.2, 0.25) is 15.2 Å². The van der Waals surface area contributed by atoms with Gasteiger partial charge in [-0.05, 0) is 53.5 Å². The van der Waals surface area contributed by atoms with Crippen LogP contribution in [0.25, 0.3) is 5.69 Å². The number of benzene rings is 2. The fourth-order valence-corrected chi connectivity index (χ4v) is 3.71. The van der Waals surface area contributed by atoms with Crippen molar-refractivity contribution in [3.8, 4) is 5.69 Å². The molecule has 1 aromatic heterocycles. The standard InChI is InChI=1S/C14H12N6O4S2/c1-15-26(23,24)11-7-8-13(12(9-11)20(21)22)25-14-16-17-18-19(14)10-5-3-2-4-6-10/h2-9,15H,1H3. The van der Waals surface area contributed by atoms with E-state index in [0.29, 0.717) is 10.8 Å². The number of sulfonamides is 1. The van der Waals surface area contributed by atoms with E-state index < -0.39 is 14.9 Å². The van der Waals surface area contributed by atoms with E-state index in [-0.39, 0.29) is 15.5 Å². The van der Waals surface area contributed by atoms with Crippen LogP contribution < -0.4 is 4.72 Å². The SMILES string of the molecule is CNS(=O)(=O)c1ccc(Sc2nnnn2-c2ccccc2)c([N+](=O)[O-])c1. The maximum absolute atomic E-state index is 11.9. The predicted octanol–water partition coefficient (Wildman–Crippen LogP) is 1.63. The molecule has 0 bridgehead atoms. The van der Waals surface area contributed by atoms with Crippen molar-refractivity contribution in [2.45, 2.75) is 14.9 Å². The number of aromatic nitrogens is 4. The molecule has 0 aliphatic heterocycles. The topological polar surface area (TPSA) is 133 Å². The lowest BCUT2D eigenvalue weighted by Crippen LogP contribution is -2.18. The van der Waals surface area contributed by atoms with Crippen molar-refractivity contribution in [1.29, 1.82) is 0 Å². The van der Waals surface area contributed by atoms with Crippen LogP contribution in [0.15, 0.2) is 63.5 Å². The van der Waals surface area contributed by atoms with E-state index in [4.69, 9.17) is 0 Å². The highest BCUT2D eigenvalue weighted by molar-refractivity contribution is 7.99. The summed E-state index contributed by atoms with van der Waals surface area (Å²) in [5.41, 5.74) is 0.339. The van der Waals surface area contributed by atoms with Gasteiger partial charge in [0.15, 0.2) is 0 Å². The average Bonchev–Trinajstić information content (AvgIpc) is 3.10. The zero-order valence-corrected chi connectivity index (χ0v) is 14.9. The van der Waals surface area contributed by atoms with Gasteiger partial charge in [0.1, 0.15) is 0 Å². The molecule has 3 aromatic rings. The summed E-state index contributed by atoms with van der Waals surface area (Å²) in [5.74, 6) is 0. The second-order valence-electron chi connectivity index (χ2n) is 4.91. The van der Waals surface area contributed by atoms with Gasteiger partial charge in [-0.1, -0.05) is 18.2 Å². The Bertz CT molecular complexity index is 1050. The van der Waals surface area contributed by atoms with Crippen LogP contribution in [0.2, 0.25) is 0 Å². The van der Waals surface area contributed by atoms with E-state index in [9.17, 15) is 18.5 Å². The molecule has 0 spiro atoms. The Morgan fingerprint density at radius 3 is 2.58 bits per heavy atom. The lowest BCUT2D eigenvalue weighted by Gasteiger charge is -2.07. The summed E-state index contributed by atoms with van der Waals surface area (Å²) in [6.07, 6.45) is 0. The number of hydrogen-bond donors (Lipinski definition) is 1. The third-order valence-corrected chi connectivity index (χ3v) is 5.76. The highest BCUT2D eigenvalue weighted by Gasteiger charge is 2.23. The summed E-state index contributed by atoms with van der Waals surface area (Å²) in [7, 11) is -2.56. The van der Waals surface area contributed by atoms with Crippen LogP contribution in [0, 0.1) is 10.1 Å². The van der Waals surface area contributed by atoms with Crippen LogP contribution in [-0.2, 0) is 10.0 Å². The van der Waals surface area contributed by atoms with E-state index >= 15 is 0 Å². The Morgan fingerprint density at radius 2 is 1.92 bits per heavy atom. The lowest BCUT2D eigenvalue weighted by molar-refractivity contribution is -0.388. The minimum Gasteiger partial charge on any atom is -0.258 e. The first-order valence-corrected chi connectivity index (χ1v) is 9.46. The number of hydrogen-bond acceptors (Lipinski definition) is 8. The van der Waals surface area contributed by atoms with E-state index in [0.717, 1.165) is 17.8 Å². The summed E-state index contributed by atoms with van der Waals surface area (Å²) >= 11 is 0.968. The van der Waals surface area contributed by atoms with Gasteiger partial charge in [-0.15, -0.1) is 5.10 Å². The molecule has 0 saturated heterocycles. The molecule has 0 aliphatic rings. The fraction of sp³-hybridized carbons (Fsp3) is 0.0714. The first-order valence-electron chi connectivity index (χ1n) is 7.16. The zero-order chi connectivity index (χ0) is 18.7.